The third-order valence-corrected chi connectivity index (χ3v) is 4.59. The molecule has 0 aromatic carbocycles. The molecule has 1 unspecified atom stereocenters. The van der Waals surface area contributed by atoms with Crippen molar-refractivity contribution in [3.05, 3.63) is 24.2 Å². The van der Waals surface area contributed by atoms with Crippen LogP contribution in [0.3, 0.4) is 0 Å². The average molecular weight is 324 g/mol. The minimum atomic E-state index is -0.408. The normalized spacial score (nSPS) is 23.2. The minimum Gasteiger partial charge on any atom is -0.468 e. The van der Waals surface area contributed by atoms with Crippen molar-refractivity contribution in [2.45, 2.75) is 31.6 Å². The third-order valence-electron chi connectivity index (χ3n) is 4.59. The maximum Gasteiger partial charge on any atom is 0.117 e. The van der Waals surface area contributed by atoms with Gasteiger partial charge in [0.25, 0.3) is 0 Å². The largest absolute Gasteiger partial charge is 0.468 e. The summed E-state index contributed by atoms with van der Waals surface area (Å²) in [5.41, 5.74) is 0. The van der Waals surface area contributed by atoms with Crippen LogP contribution in [-0.2, 0) is 16.0 Å². The van der Waals surface area contributed by atoms with Gasteiger partial charge in [-0.25, -0.2) is 0 Å². The van der Waals surface area contributed by atoms with Crippen LogP contribution in [0.4, 0.5) is 0 Å². The predicted octanol–water partition coefficient (Wildman–Crippen LogP) is 0.954. The van der Waals surface area contributed by atoms with Crippen molar-refractivity contribution in [1.29, 1.82) is 0 Å². The van der Waals surface area contributed by atoms with E-state index in [0.717, 1.165) is 64.5 Å². The van der Waals surface area contributed by atoms with E-state index in [1.807, 2.05) is 12.1 Å². The van der Waals surface area contributed by atoms with Gasteiger partial charge in [-0.15, -0.1) is 0 Å². The Morgan fingerprint density at radius 2 is 1.91 bits per heavy atom. The lowest BCUT2D eigenvalue weighted by Crippen LogP contribution is -2.48. The molecule has 130 valence electrons. The maximum absolute atomic E-state index is 10.2. The number of furan rings is 1. The van der Waals surface area contributed by atoms with Crippen LogP contribution in [0.25, 0.3) is 0 Å². The molecule has 2 aliphatic heterocycles. The first kappa shape index (κ1) is 16.9. The van der Waals surface area contributed by atoms with Gasteiger partial charge in [0.2, 0.25) is 0 Å². The van der Waals surface area contributed by atoms with E-state index in [9.17, 15) is 5.11 Å². The van der Waals surface area contributed by atoms with Gasteiger partial charge in [0.15, 0.2) is 0 Å². The Labute approximate surface area is 137 Å². The van der Waals surface area contributed by atoms with Gasteiger partial charge in [0, 0.05) is 45.9 Å². The molecule has 0 spiro atoms. The van der Waals surface area contributed by atoms with Crippen LogP contribution >= 0.6 is 0 Å². The van der Waals surface area contributed by atoms with Crippen molar-refractivity contribution < 1.29 is 19.0 Å². The molecule has 0 saturated carbocycles. The summed E-state index contributed by atoms with van der Waals surface area (Å²) in [5.74, 6) is 1.02. The lowest BCUT2D eigenvalue weighted by atomic mass is 10.1. The molecule has 2 saturated heterocycles. The number of ether oxygens (including phenoxy) is 2. The molecule has 1 N–H and O–H groups in total. The fourth-order valence-electron chi connectivity index (χ4n) is 3.19. The Bertz CT molecular complexity index is 426. The van der Waals surface area contributed by atoms with E-state index in [0.29, 0.717) is 13.2 Å². The van der Waals surface area contributed by atoms with Crippen LogP contribution in [0.5, 0.6) is 0 Å². The molecule has 1 aromatic heterocycles. The lowest BCUT2D eigenvalue weighted by molar-refractivity contribution is -0.0659. The molecule has 2 fully saturated rings. The van der Waals surface area contributed by atoms with Gasteiger partial charge in [0.1, 0.15) is 5.76 Å². The highest BCUT2D eigenvalue weighted by molar-refractivity contribution is 4.98. The zero-order valence-electron chi connectivity index (χ0n) is 13.7. The monoisotopic (exact) mass is 324 g/mol. The molecular weight excluding hydrogens is 296 g/mol. The summed E-state index contributed by atoms with van der Waals surface area (Å²) in [6.07, 6.45) is 3.45. The van der Waals surface area contributed by atoms with E-state index in [1.54, 1.807) is 6.26 Å². The van der Waals surface area contributed by atoms with Gasteiger partial charge >= 0.3 is 0 Å². The van der Waals surface area contributed by atoms with Crippen LogP contribution in [0.15, 0.2) is 22.8 Å². The number of hydrogen-bond donors (Lipinski definition) is 1. The number of piperazine rings is 1. The number of aliphatic hydroxyl groups is 1. The van der Waals surface area contributed by atoms with Crippen LogP contribution < -0.4 is 0 Å². The Hall–Kier alpha value is -0.920. The molecule has 2 aliphatic rings. The fraction of sp³-hybridized carbons (Fsp3) is 0.765. The SMILES string of the molecule is OC(COC1CCOCC1)CN1CCN(Cc2ccco2)CC1. The summed E-state index contributed by atoms with van der Waals surface area (Å²) in [5, 5.41) is 10.2. The van der Waals surface area contributed by atoms with Crippen molar-refractivity contribution in [2.24, 2.45) is 0 Å². The number of rotatable bonds is 7. The van der Waals surface area contributed by atoms with Gasteiger partial charge in [-0.2, -0.15) is 0 Å². The highest BCUT2D eigenvalue weighted by Crippen LogP contribution is 2.12. The predicted molar refractivity (Wildman–Crippen MR) is 86.2 cm³/mol. The van der Waals surface area contributed by atoms with Crippen molar-refractivity contribution in [3.63, 3.8) is 0 Å². The molecule has 0 bridgehead atoms. The Morgan fingerprint density at radius 3 is 2.61 bits per heavy atom. The molecule has 0 amide bonds. The summed E-state index contributed by atoms with van der Waals surface area (Å²) in [6, 6.07) is 3.95. The van der Waals surface area contributed by atoms with Crippen LogP contribution in [0.2, 0.25) is 0 Å². The molecule has 3 rings (SSSR count). The highest BCUT2D eigenvalue weighted by Gasteiger charge is 2.21. The van der Waals surface area contributed by atoms with Gasteiger partial charge in [0.05, 0.1) is 31.6 Å². The van der Waals surface area contributed by atoms with Crippen molar-refractivity contribution in [1.82, 2.24) is 9.80 Å². The number of β-amino-alcohol motifs (C(OH)–C–C–N with tert-alkyl or cyclic N) is 1. The Morgan fingerprint density at radius 1 is 1.17 bits per heavy atom. The molecule has 23 heavy (non-hydrogen) atoms. The topological polar surface area (TPSA) is 58.3 Å². The molecule has 1 atom stereocenters. The van der Waals surface area contributed by atoms with Crippen molar-refractivity contribution in [3.8, 4) is 0 Å². The van der Waals surface area contributed by atoms with E-state index in [1.165, 1.54) is 0 Å². The van der Waals surface area contributed by atoms with Gasteiger partial charge < -0.3 is 19.0 Å². The minimum absolute atomic E-state index is 0.253. The van der Waals surface area contributed by atoms with E-state index in [2.05, 4.69) is 9.80 Å². The number of nitrogens with zero attached hydrogens (tertiary/aromatic N) is 2. The Balaban J connectivity index is 1.30. The zero-order chi connectivity index (χ0) is 15.9. The molecule has 6 nitrogen and oxygen atoms in total. The van der Waals surface area contributed by atoms with Crippen molar-refractivity contribution in [2.75, 3.05) is 52.5 Å². The van der Waals surface area contributed by atoms with Crippen LogP contribution in [0.1, 0.15) is 18.6 Å². The quantitative estimate of drug-likeness (QED) is 0.806. The van der Waals surface area contributed by atoms with E-state index in [-0.39, 0.29) is 6.10 Å². The second kappa shape index (κ2) is 8.80. The first-order valence-electron chi connectivity index (χ1n) is 8.64. The summed E-state index contributed by atoms with van der Waals surface area (Å²) in [6.45, 7) is 7.52. The van der Waals surface area contributed by atoms with E-state index < -0.39 is 6.10 Å². The highest BCUT2D eigenvalue weighted by atomic mass is 16.5. The summed E-state index contributed by atoms with van der Waals surface area (Å²) >= 11 is 0. The second-order valence-electron chi connectivity index (χ2n) is 6.46. The van der Waals surface area contributed by atoms with E-state index in [4.69, 9.17) is 13.9 Å². The smallest absolute Gasteiger partial charge is 0.117 e. The van der Waals surface area contributed by atoms with E-state index >= 15 is 0 Å². The molecule has 6 heteroatoms. The van der Waals surface area contributed by atoms with Gasteiger partial charge in [-0.1, -0.05) is 0 Å². The van der Waals surface area contributed by atoms with Gasteiger partial charge in [-0.05, 0) is 25.0 Å². The lowest BCUT2D eigenvalue weighted by Gasteiger charge is -2.35. The van der Waals surface area contributed by atoms with Crippen LogP contribution in [-0.4, -0.2) is 79.7 Å². The summed E-state index contributed by atoms with van der Waals surface area (Å²) in [7, 11) is 0. The molecule has 1 aromatic rings. The molecule has 0 aliphatic carbocycles. The first-order chi connectivity index (χ1) is 11.3. The van der Waals surface area contributed by atoms with Gasteiger partial charge in [-0.3, -0.25) is 9.80 Å². The molecular formula is C17H28N2O4. The summed E-state index contributed by atoms with van der Waals surface area (Å²) in [4.78, 5) is 4.71. The summed E-state index contributed by atoms with van der Waals surface area (Å²) < 4.78 is 16.5. The standard InChI is InChI=1S/C17H28N2O4/c20-15(14-23-16-3-10-21-11-4-16)12-18-5-7-19(8-6-18)13-17-2-1-9-22-17/h1-2,9,15-16,20H,3-8,10-14H2. The molecule has 3 heterocycles. The molecule has 0 radical (unpaired) electrons. The Kier molecular flexibility index (Phi) is 6.47. The first-order valence-corrected chi connectivity index (χ1v) is 8.64. The zero-order valence-corrected chi connectivity index (χ0v) is 13.7. The number of aliphatic hydroxyl groups excluding tert-OH is 1. The second-order valence-corrected chi connectivity index (χ2v) is 6.46. The third kappa shape index (κ3) is 5.58. The van der Waals surface area contributed by atoms with Crippen molar-refractivity contribution >= 4 is 0 Å². The fourth-order valence-corrected chi connectivity index (χ4v) is 3.19. The maximum atomic E-state index is 10.2. The number of hydrogen-bond acceptors (Lipinski definition) is 6. The average Bonchev–Trinajstić information content (AvgIpc) is 3.09. The van der Waals surface area contributed by atoms with Crippen LogP contribution in [0, 0.1) is 0 Å².